The first-order valence-electron chi connectivity index (χ1n) is 4.68. The molecule has 14 heavy (non-hydrogen) atoms. The Hall–Kier alpha value is -1.35. The van der Waals surface area contributed by atoms with Gasteiger partial charge in [0.05, 0.1) is 6.61 Å². The largest absolute Gasteiger partial charge is 0.395 e. The van der Waals surface area contributed by atoms with Gasteiger partial charge < -0.3 is 10.4 Å². The van der Waals surface area contributed by atoms with Crippen molar-refractivity contribution in [2.24, 2.45) is 0 Å². The van der Waals surface area contributed by atoms with Crippen LogP contribution in [0.1, 0.15) is 13.3 Å². The molecular formula is C11H15NO2. The van der Waals surface area contributed by atoms with Gasteiger partial charge in [-0.15, -0.1) is 0 Å². The van der Waals surface area contributed by atoms with Crippen molar-refractivity contribution in [1.82, 2.24) is 5.32 Å². The van der Waals surface area contributed by atoms with E-state index < -0.39 is 0 Å². The Kier molecular flexibility index (Phi) is 4.13. The monoisotopic (exact) mass is 193 g/mol. The van der Waals surface area contributed by atoms with E-state index in [1.54, 1.807) is 0 Å². The van der Waals surface area contributed by atoms with Gasteiger partial charge in [-0.1, -0.05) is 23.8 Å². The number of rotatable bonds is 3. The van der Waals surface area contributed by atoms with Crippen LogP contribution in [0.15, 0.2) is 35.5 Å². The van der Waals surface area contributed by atoms with Crippen LogP contribution >= 0.6 is 0 Å². The van der Waals surface area contributed by atoms with Crippen molar-refractivity contribution in [2.45, 2.75) is 13.3 Å². The zero-order valence-electron chi connectivity index (χ0n) is 8.29. The van der Waals surface area contributed by atoms with Crippen molar-refractivity contribution < 1.29 is 9.90 Å². The van der Waals surface area contributed by atoms with E-state index in [0.717, 1.165) is 12.0 Å². The van der Waals surface area contributed by atoms with Gasteiger partial charge in [-0.2, -0.15) is 0 Å². The summed E-state index contributed by atoms with van der Waals surface area (Å²) in [5.74, 6) is -0.123. The Labute approximate surface area is 83.8 Å². The third-order valence-electron chi connectivity index (χ3n) is 1.90. The first-order chi connectivity index (χ1) is 6.74. The first kappa shape index (κ1) is 10.7. The van der Waals surface area contributed by atoms with Crippen molar-refractivity contribution in [3.05, 3.63) is 35.5 Å². The van der Waals surface area contributed by atoms with Gasteiger partial charge in [-0.3, -0.25) is 4.79 Å². The second-order valence-corrected chi connectivity index (χ2v) is 3.17. The Morgan fingerprint density at radius 1 is 1.64 bits per heavy atom. The number of nitrogens with one attached hydrogen (secondary N) is 1. The van der Waals surface area contributed by atoms with Crippen LogP contribution in [0.25, 0.3) is 0 Å². The topological polar surface area (TPSA) is 49.3 Å². The third kappa shape index (κ3) is 3.18. The summed E-state index contributed by atoms with van der Waals surface area (Å²) in [5, 5.41) is 11.2. The molecule has 1 rings (SSSR count). The minimum absolute atomic E-state index is 0.0278. The van der Waals surface area contributed by atoms with Gasteiger partial charge in [-0.05, 0) is 19.4 Å². The van der Waals surface area contributed by atoms with Crippen LogP contribution in [0.2, 0.25) is 0 Å². The molecule has 1 amide bonds. The fourth-order valence-corrected chi connectivity index (χ4v) is 1.23. The number of hydrogen-bond donors (Lipinski definition) is 2. The molecule has 3 heteroatoms. The highest BCUT2D eigenvalue weighted by molar-refractivity contribution is 5.96. The van der Waals surface area contributed by atoms with Crippen LogP contribution in [0.4, 0.5) is 0 Å². The third-order valence-corrected chi connectivity index (χ3v) is 1.90. The number of amides is 1. The van der Waals surface area contributed by atoms with Crippen LogP contribution in [-0.4, -0.2) is 24.2 Å². The predicted octanol–water partition coefficient (Wildman–Crippen LogP) is 0.928. The van der Waals surface area contributed by atoms with E-state index in [1.165, 1.54) is 0 Å². The van der Waals surface area contributed by atoms with Crippen LogP contribution in [0.3, 0.4) is 0 Å². The first-order valence-corrected chi connectivity index (χ1v) is 4.68. The van der Waals surface area contributed by atoms with E-state index in [1.807, 2.05) is 31.2 Å². The molecule has 0 atom stereocenters. The molecule has 0 saturated carbocycles. The molecule has 76 valence electrons. The van der Waals surface area contributed by atoms with E-state index >= 15 is 0 Å². The number of allylic oxidation sites excluding steroid dienone is 4. The Bertz CT molecular complexity index is 300. The lowest BCUT2D eigenvalue weighted by Crippen LogP contribution is -2.27. The molecule has 0 aromatic rings. The molecule has 1 aliphatic carbocycles. The second kappa shape index (κ2) is 5.40. The molecule has 0 fully saturated rings. The van der Waals surface area contributed by atoms with Crippen molar-refractivity contribution in [2.75, 3.05) is 13.2 Å². The highest BCUT2D eigenvalue weighted by Gasteiger charge is 2.06. The summed E-state index contributed by atoms with van der Waals surface area (Å²) in [5.41, 5.74) is 1.73. The minimum Gasteiger partial charge on any atom is -0.395 e. The van der Waals surface area contributed by atoms with Crippen LogP contribution < -0.4 is 5.32 Å². The summed E-state index contributed by atoms with van der Waals surface area (Å²) in [6, 6.07) is 0. The average Bonchev–Trinajstić information content (AvgIpc) is 2.39. The smallest absolute Gasteiger partial charge is 0.251 e. The molecule has 0 radical (unpaired) electrons. The molecule has 0 heterocycles. The number of carbonyl (C=O) groups excluding carboxylic acids is 1. The van der Waals surface area contributed by atoms with Crippen LogP contribution in [0.5, 0.6) is 0 Å². The number of aliphatic hydroxyl groups is 1. The van der Waals surface area contributed by atoms with Gasteiger partial charge in [-0.25, -0.2) is 0 Å². The minimum atomic E-state index is -0.123. The van der Waals surface area contributed by atoms with Crippen molar-refractivity contribution in [1.29, 1.82) is 0 Å². The van der Waals surface area contributed by atoms with Crippen molar-refractivity contribution >= 4 is 5.91 Å². The van der Waals surface area contributed by atoms with Gasteiger partial charge in [0.1, 0.15) is 0 Å². The number of carbonyl (C=O) groups is 1. The van der Waals surface area contributed by atoms with Gasteiger partial charge in [0.2, 0.25) is 0 Å². The van der Waals surface area contributed by atoms with E-state index in [0.29, 0.717) is 12.1 Å². The average molecular weight is 193 g/mol. The zero-order chi connectivity index (χ0) is 10.4. The van der Waals surface area contributed by atoms with E-state index in [2.05, 4.69) is 5.32 Å². The lowest BCUT2D eigenvalue weighted by molar-refractivity contribution is -0.117. The summed E-state index contributed by atoms with van der Waals surface area (Å²) in [4.78, 5) is 11.5. The summed E-state index contributed by atoms with van der Waals surface area (Å²) >= 11 is 0. The number of hydrogen-bond acceptors (Lipinski definition) is 2. The normalized spacial score (nSPS) is 15.6. The van der Waals surface area contributed by atoms with Gasteiger partial charge in [0.25, 0.3) is 5.91 Å². The van der Waals surface area contributed by atoms with Gasteiger partial charge in [0, 0.05) is 12.1 Å². The maximum atomic E-state index is 11.5. The maximum Gasteiger partial charge on any atom is 0.251 e. The number of aliphatic hydroxyl groups excluding tert-OH is 1. The van der Waals surface area contributed by atoms with E-state index in [9.17, 15) is 4.79 Å². The van der Waals surface area contributed by atoms with Crippen LogP contribution in [-0.2, 0) is 4.79 Å². The maximum absolute atomic E-state index is 11.5. The van der Waals surface area contributed by atoms with E-state index in [-0.39, 0.29) is 12.5 Å². The molecule has 1 aliphatic rings. The Balaban J connectivity index is 2.63. The van der Waals surface area contributed by atoms with Crippen LogP contribution in [0, 0.1) is 0 Å². The molecule has 3 nitrogen and oxygen atoms in total. The predicted molar refractivity (Wildman–Crippen MR) is 55.7 cm³/mol. The molecule has 2 N–H and O–H groups in total. The molecule has 0 bridgehead atoms. The zero-order valence-corrected chi connectivity index (χ0v) is 8.29. The lowest BCUT2D eigenvalue weighted by atomic mass is 10.1. The second-order valence-electron chi connectivity index (χ2n) is 3.17. The molecule has 0 aromatic carbocycles. The van der Waals surface area contributed by atoms with Crippen molar-refractivity contribution in [3.8, 4) is 0 Å². The van der Waals surface area contributed by atoms with Gasteiger partial charge in [0.15, 0.2) is 0 Å². The van der Waals surface area contributed by atoms with Crippen molar-refractivity contribution in [3.63, 3.8) is 0 Å². The quantitative estimate of drug-likeness (QED) is 0.700. The SMILES string of the molecule is CC1=CC(C(=O)NCCO)=CCC=C1. The summed E-state index contributed by atoms with van der Waals surface area (Å²) < 4.78 is 0. The molecule has 0 unspecified atom stereocenters. The highest BCUT2D eigenvalue weighted by atomic mass is 16.3. The Morgan fingerprint density at radius 3 is 3.14 bits per heavy atom. The molecule has 0 aromatic heterocycles. The van der Waals surface area contributed by atoms with Gasteiger partial charge >= 0.3 is 0 Å². The molecule has 0 aliphatic heterocycles. The standard InChI is InChI=1S/C11H15NO2/c1-9-4-2-3-5-10(8-9)11(14)12-6-7-13/h2,4-5,8,13H,3,6-7H2,1H3,(H,12,14). The summed E-state index contributed by atoms with van der Waals surface area (Å²) in [6.45, 7) is 2.23. The fourth-order valence-electron chi connectivity index (χ4n) is 1.23. The fraction of sp³-hybridized carbons (Fsp3) is 0.364. The summed E-state index contributed by atoms with van der Waals surface area (Å²) in [6.07, 6.45) is 8.49. The lowest BCUT2D eigenvalue weighted by Gasteiger charge is -2.03. The summed E-state index contributed by atoms with van der Waals surface area (Å²) in [7, 11) is 0. The highest BCUT2D eigenvalue weighted by Crippen LogP contribution is 2.10. The van der Waals surface area contributed by atoms with E-state index in [4.69, 9.17) is 5.11 Å². The Morgan fingerprint density at radius 2 is 2.43 bits per heavy atom. The molecular weight excluding hydrogens is 178 g/mol. The molecule has 0 spiro atoms. The molecule has 0 saturated heterocycles.